The molecule has 38 heavy (non-hydrogen) atoms. The monoisotopic (exact) mass is 520 g/mol. The number of likely N-dealkylation sites (tertiary alicyclic amines) is 1. The number of furan rings is 1. The van der Waals surface area contributed by atoms with E-state index in [9.17, 15) is 14.4 Å². The van der Waals surface area contributed by atoms with Crippen molar-refractivity contribution in [2.75, 3.05) is 20.6 Å². The lowest BCUT2D eigenvalue weighted by atomic mass is 9.48. The van der Waals surface area contributed by atoms with Crippen molar-refractivity contribution in [3.8, 4) is 11.5 Å². The highest BCUT2D eigenvalue weighted by Gasteiger charge is 2.75. The van der Waals surface area contributed by atoms with Gasteiger partial charge < -0.3 is 23.5 Å². The number of piperidine rings is 1. The van der Waals surface area contributed by atoms with Crippen LogP contribution in [0.2, 0.25) is 0 Å². The van der Waals surface area contributed by atoms with Crippen molar-refractivity contribution in [1.29, 1.82) is 0 Å². The van der Waals surface area contributed by atoms with Crippen molar-refractivity contribution in [2.45, 2.75) is 68.7 Å². The van der Waals surface area contributed by atoms with Crippen LogP contribution in [0.25, 0.3) is 6.08 Å². The maximum atomic E-state index is 13.3. The first kappa shape index (κ1) is 24.7. The number of esters is 2. The van der Waals surface area contributed by atoms with Gasteiger partial charge in [0.05, 0.1) is 30.0 Å². The number of amides is 1. The summed E-state index contributed by atoms with van der Waals surface area (Å²) in [6.07, 6.45) is 8.48. The fourth-order valence-corrected chi connectivity index (χ4v) is 7.60. The zero-order chi connectivity index (χ0) is 26.8. The molecule has 1 amide bonds. The van der Waals surface area contributed by atoms with Crippen molar-refractivity contribution in [3.63, 3.8) is 0 Å². The molecule has 6 rings (SSSR count). The molecule has 1 saturated heterocycles. The molecule has 0 N–H and O–H groups in total. The van der Waals surface area contributed by atoms with Gasteiger partial charge in [0.2, 0.25) is 5.91 Å². The van der Waals surface area contributed by atoms with Crippen molar-refractivity contribution in [2.24, 2.45) is 0 Å². The molecule has 1 aromatic heterocycles. The molecule has 2 aliphatic heterocycles. The van der Waals surface area contributed by atoms with Crippen LogP contribution >= 0.6 is 0 Å². The van der Waals surface area contributed by atoms with Crippen molar-refractivity contribution in [1.82, 2.24) is 9.80 Å². The minimum absolute atomic E-state index is 0.0350. The molecular weight excluding hydrogens is 488 g/mol. The average molecular weight is 521 g/mol. The minimum Gasteiger partial charge on any atom is -0.483 e. The van der Waals surface area contributed by atoms with Gasteiger partial charge in [-0.2, -0.15) is 0 Å². The first-order valence-electron chi connectivity index (χ1n) is 13.1. The van der Waals surface area contributed by atoms with Crippen LogP contribution in [0.15, 0.2) is 41.2 Å². The van der Waals surface area contributed by atoms with E-state index in [-0.39, 0.29) is 24.0 Å². The van der Waals surface area contributed by atoms with Gasteiger partial charge in [0, 0.05) is 38.1 Å². The lowest BCUT2D eigenvalue weighted by molar-refractivity contribution is -0.220. The molecule has 9 heteroatoms. The Labute approximate surface area is 221 Å². The topological polar surface area (TPSA) is 98.5 Å². The molecule has 2 aromatic rings. The SMILES string of the molecule is CC(=O)Oc1ccc2c3c1O[C@H]1[C@H](N(C)C(=O)/C=C/c4ccoc4)CC[C@@]4(OC(C)=O)[C@@H](C2)N(C)CC[C@]314. The molecule has 3 heterocycles. The Kier molecular flexibility index (Phi) is 5.68. The summed E-state index contributed by atoms with van der Waals surface area (Å²) in [5.41, 5.74) is 1.36. The third-order valence-electron chi connectivity index (χ3n) is 9.03. The van der Waals surface area contributed by atoms with Gasteiger partial charge in [-0.25, -0.2) is 0 Å². The fourth-order valence-electron chi connectivity index (χ4n) is 7.60. The van der Waals surface area contributed by atoms with Crippen LogP contribution in [0.3, 0.4) is 0 Å². The van der Waals surface area contributed by atoms with Crippen LogP contribution in [0.1, 0.15) is 49.8 Å². The van der Waals surface area contributed by atoms with Crippen molar-refractivity contribution in [3.05, 3.63) is 53.5 Å². The first-order valence-corrected chi connectivity index (χ1v) is 13.1. The van der Waals surface area contributed by atoms with Crippen molar-refractivity contribution >= 4 is 23.9 Å². The van der Waals surface area contributed by atoms with Gasteiger partial charge in [-0.3, -0.25) is 19.3 Å². The Hall–Kier alpha value is -3.59. The van der Waals surface area contributed by atoms with Crippen LogP contribution in [-0.2, 0) is 31.0 Å². The first-order chi connectivity index (χ1) is 18.2. The van der Waals surface area contributed by atoms with Gasteiger partial charge in [0.15, 0.2) is 11.5 Å². The summed E-state index contributed by atoms with van der Waals surface area (Å²) in [6.45, 7) is 3.61. The Morgan fingerprint density at radius 3 is 2.68 bits per heavy atom. The third kappa shape index (κ3) is 3.37. The van der Waals surface area contributed by atoms with Gasteiger partial charge in [0.1, 0.15) is 11.7 Å². The lowest BCUT2D eigenvalue weighted by Gasteiger charge is -2.65. The summed E-state index contributed by atoms with van der Waals surface area (Å²) >= 11 is 0. The second-order valence-electron chi connectivity index (χ2n) is 10.9. The molecular formula is C29H32N2O7. The average Bonchev–Trinajstić information content (AvgIpc) is 3.51. The summed E-state index contributed by atoms with van der Waals surface area (Å²) < 4.78 is 23.8. The molecule has 1 spiro atoms. The Bertz CT molecular complexity index is 1330. The Morgan fingerprint density at radius 1 is 1.16 bits per heavy atom. The number of hydrogen-bond acceptors (Lipinski definition) is 8. The Morgan fingerprint density at radius 2 is 1.97 bits per heavy atom. The Balaban J connectivity index is 1.48. The molecule has 5 atom stereocenters. The number of hydrogen-bond donors (Lipinski definition) is 0. The number of carbonyl (C=O) groups excluding carboxylic acids is 3. The molecule has 0 unspecified atom stereocenters. The number of carbonyl (C=O) groups is 3. The molecule has 2 aliphatic carbocycles. The van der Waals surface area contributed by atoms with E-state index in [2.05, 4.69) is 11.9 Å². The number of ether oxygens (including phenoxy) is 3. The summed E-state index contributed by atoms with van der Waals surface area (Å²) in [5.74, 6) is -0.0328. The fraction of sp³-hybridized carbons (Fsp3) is 0.483. The van der Waals surface area contributed by atoms with Gasteiger partial charge in [-0.05, 0) is 63.0 Å². The van der Waals surface area contributed by atoms with Crippen LogP contribution < -0.4 is 9.47 Å². The van der Waals surface area contributed by atoms with Gasteiger partial charge in [-0.15, -0.1) is 0 Å². The molecule has 2 fully saturated rings. The standard InChI is InChI=1S/C29H32N2O7/c1-17(32)36-22-7-6-20-15-23-29(38-18(2)33)11-9-21(31(4)24(34)8-5-19-10-14-35-16-19)27-28(29,12-13-30(23)3)25(20)26(22)37-27/h5-8,10,14,16,21,23,27H,9,11-13,15H2,1-4H3/b8-5+/t21-,23-,27+,28+,29-/m1/s1. The molecule has 1 aromatic carbocycles. The van der Waals surface area contributed by atoms with Crippen LogP contribution in [0.5, 0.6) is 11.5 Å². The predicted molar refractivity (Wildman–Crippen MR) is 137 cm³/mol. The molecule has 0 radical (unpaired) electrons. The van der Waals surface area contributed by atoms with Crippen LogP contribution in [0.4, 0.5) is 0 Å². The molecule has 2 bridgehead atoms. The second-order valence-corrected chi connectivity index (χ2v) is 10.9. The summed E-state index contributed by atoms with van der Waals surface area (Å²) in [6, 6.07) is 5.25. The molecule has 9 nitrogen and oxygen atoms in total. The van der Waals surface area contributed by atoms with Crippen LogP contribution in [-0.4, -0.2) is 72.1 Å². The zero-order valence-electron chi connectivity index (χ0n) is 22.1. The van der Waals surface area contributed by atoms with Crippen molar-refractivity contribution < 1.29 is 33.0 Å². The normalized spacial score (nSPS) is 30.9. The highest BCUT2D eigenvalue weighted by atomic mass is 16.6. The van der Waals surface area contributed by atoms with Gasteiger partial charge in [0.25, 0.3) is 0 Å². The predicted octanol–water partition coefficient (Wildman–Crippen LogP) is 3.10. The zero-order valence-corrected chi connectivity index (χ0v) is 22.1. The smallest absolute Gasteiger partial charge is 0.308 e. The number of likely N-dealkylation sites (N-methyl/N-ethyl adjacent to an activating group) is 2. The highest BCUT2D eigenvalue weighted by molar-refractivity contribution is 5.92. The second kappa shape index (κ2) is 8.73. The van der Waals surface area contributed by atoms with Gasteiger partial charge >= 0.3 is 11.9 Å². The number of benzene rings is 1. The van der Waals surface area contributed by atoms with E-state index in [0.29, 0.717) is 37.2 Å². The maximum Gasteiger partial charge on any atom is 0.308 e. The number of nitrogens with zero attached hydrogens (tertiary/aromatic N) is 2. The summed E-state index contributed by atoms with van der Waals surface area (Å²) in [4.78, 5) is 42.0. The van der Waals surface area contributed by atoms with E-state index in [4.69, 9.17) is 18.6 Å². The third-order valence-corrected chi connectivity index (χ3v) is 9.03. The van der Waals surface area contributed by atoms with E-state index in [0.717, 1.165) is 23.2 Å². The highest BCUT2D eigenvalue weighted by Crippen LogP contribution is 2.67. The molecule has 4 aliphatic rings. The molecule has 200 valence electrons. The maximum absolute atomic E-state index is 13.3. The quantitative estimate of drug-likeness (QED) is 0.337. The lowest BCUT2D eigenvalue weighted by Crippen LogP contribution is -2.78. The molecule has 1 saturated carbocycles. The number of rotatable bonds is 5. The van der Waals surface area contributed by atoms with Crippen LogP contribution in [0, 0.1) is 0 Å². The van der Waals surface area contributed by atoms with Gasteiger partial charge in [-0.1, -0.05) is 6.07 Å². The van der Waals surface area contributed by atoms with E-state index < -0.39 is 23.1 Å². The minimum atomic E-state index is -0.823. The summed E-state index contributed by atoms with van der Waals surface area (Å²) in [7, 11) is 3.87. The van der Waals surface area contributed by atoms with E-state index in [1.165, 1.54) is 19.9 Å². The largest absolute Gasteiger partial charge is 0.483 e. The summed E-state index contributed by atoms with van der Waals surface area (Å²) in [5, 5.41) is 0. The van der Waals surface area contributed by atoms with E-state index >= 15 is 0 Å². The van der Waals surface area contributed by atoms with E-state index in [1.807, 2.05) is 6.07 Å². The van der Waals surface area contributed by atoms with E-state index in [1.54, 1.807) is 42.7 Å².